The third-order valence-electron chi connectivity index (χ3n) is 4.40. The summed E-state index contributed by atoms with van der Waals surface area (Å²) >= 11 is 0. The van der Waals surface area contributed by atoms with Crippen molar-refractivity contribution in [3.05, 3.63) is 34.4 Å². The zero-order valence-corrected chi connectivity index (χ0v) is 14.4. The second kappa shape index (κ2) is 6.95. The van der Waals surface area contributed by atoms with E-state index in [0.29, 0.717) is 0 Å². The molecule has 0 bridgehead atoms. The van der Waals surface area contributed by atoms with E-state index in [1.165, 1.54) is 5.56 Å². The largest absolute Gasteiger partial charge is 0.481 e. The molecule has 0 aromatic heterocycles. The molecule has 0 fully saturated rings. The van der Waals surface area contributed by atoms with E-state index in [1.807, 2.05) is 34.6 Å². The van der Waals surface area contributed by atoms with Gasteiger partial charge in [-0.15, -0.1) is 0 Å². The van der Waals surface area contributed by atoms with Crippen LogP contribution in [0.25, 0.3) is 0 Å². The van der Waals surface area contributed by atoms with Crippen LogP contribution in [0.1, 0.15) is 49.4 Å². The highest BCUT2D eigenvalue weighted by Crippen LogP contribution is 2.22. The highest BCUT2D eigenvalue weighted by molar-refractivity contribution is 5.81. The quantitative estimate of drug-likeness (QED) is 0.848. The molecule has 4 nitrogen and oxygen atoms in total. The first-order chi connectivity index (χ1) is 10.0. The van der Waals surface area contributed by atoms with Gasteiger partial charge in [0.15, 0.2) is 0 Å². The maximum Gasteiger partial charge on any atom is 0.305 e. The van der Waals surface area contributed by atoms with Crippen LogP contribution in [0, 0.1) is 26.7 Å². The van der Waals surface area contributed by atoms with E-state index in [4.69, 9.17) is 5.11 Å². The molecule has 0 aliphatic heterocycles. The number of amides is 1. The van der Waals surface area contributed by atoms with Gasteiger partial charge in [0.25, 0.3) is 0 Å². The van der Waals surface area contributed by atoms with E-state index in [9.17, 15) is 9.59 Å². The number of rotatable bonds is 6. The molecule has 0 aliphatic rings. The summed E-state index contributed by atoms with van der Waals surface area (Å²) in [5.41, 5.74) is 3.64. The van der Waals surface area contributed by atoms with E-state index in [1.54, 1.807) is 6.92 Å². The molecule has 22 heavy (non-hydrogen) atoms. The van der Waals surface area contributed by atoms with Crippen LogP contribution in [-0.2, 0) is 16.0 Å². The van der Waals surface area contributed by atoms with Crippen LogP contribution < -0.4 is 5.32 Å². The summed E-state index contributed by atoms with van der Waals surface area (Å²) in [6, 6.07) is 4.13. The van der Waals surface area contributed by atoms with Gasteiger partial charge >= 0.3 is 5.97 Å². The summed E-state index contributed by atoms with van der Waals surface area (Å²) in [4.78, 5) is 23.5. The van der Waals surface area contributed by atoms with Crippen LogP contribution in [0.3, 0.4) is 0 Å². The standard InChI is InChI=1S/C18H27NO3/c1-11(2)18(6,10-17(21)22)19-16(20)9-15-13(4)7-12(3)8-14(15)5/h7-8,11H,9-10H2,1-6H3,(H,19,20)(H,21,22). The van der Waals surface area contributed by atoms with Crippen LogP contribution in [-0.4, -0.2) is 22.5 Å². The number of aryl methyl sites for hydroxylation is 3. The minimum Gasteiger partial charge on any atom is -0.481 e. The first kappa shape index (κ1) is 18.2. The van der Waals surface area contributed by atoms with Crippen LogP contribution in [0.2, 0.25) is 0 Å². The molecular formula is C18H27NO3. The first-order valence-electron chi connectivity index (χ1n) is 7.64. The van der Waals surface area contributed by atoms with Crippen LogP contribution >= 0.6 is 0 Å². The fourth-order valence-corrected chi connectivity index (χ4v) is 2.72. The molecule has 0 spiro atoms. The molecular weight excluding hydrogens is 278 g/mol. The summed E-state index contributed by atoms with van der Waals surface area (Å²) in [5.74, 6) is -1.00. The Morgan fingerprint density at radius 3 is 2.09 bits per heavy atom. The van der Waals surface area contributed by atoms with Crippen molar-refractivity contribution >= 4 is 11.9 Å². The zero-order valence-electron chi connectivity index (χ0n) is 14.4. The van der Waals surface area contributed by atoms with E-state index in [2.05, 4.69) is 17.4 Å². The molecule has 1 rings (SSSR count). The summed E-state index contributed by atoms with van der Waals surface area (Å²) in [6.07, 6.45) is 0.197. The lowest BCUT2D eigenvalue weighted by molar-refractivity contribution is -0.139. The fraction of sp³-hybridized carbons (Fsp3) is 0.556. The van der Waals surface area contributed by atoms with Gasteiger partial charge in [-0.25, -0.2) is 0 Å². The number of nitrogens with one attached hydrogen (secondary N) is 1. The molecule has 122 valence electrons. The number of carboxylic acid groups (broad SMARTS) is 1. The molecule has 0 aliphatic carbocycles. The number of carbonyl (C=O) groups excluding carboxylic acids is 1. The Kier molecular flexibility index (Phi) is 5.75. The van der Waals surface area contributed by atoms with E-state index >= 15 is 0 Å². The van der Waals surface area contributed by atoms with Gasteiger partial charge in [0.2, 0.25) is 5.91 Å². The van der Waals surface area contributed by atoms with Gasteiger partial charge in [-0.2, -0.15) is 0 Å². The van der Waals surface area contributed by atoms with Gasteiger partial charge < -0.3 is 10.4 Å². The average molecular weight is 305 g/mol. The van der Waals surface area contributed by atoms with Crippen LogP contribution in [0.4, 0.5) is 0 Å². The van der Waals surface area contributed by atoms with Gasteiger partial charge in [0, 0.05) is 5.54 Å². The molecule has 1 aromatic carbocycles. The summed E-state index contributed by atoms with van der Waals surface area (Å²) in [5, 5.41) is 12.0. The SMILES string of the molecule is Cc1cc(C)c(CC(=O)NC(C)(CC(=O)O)C(C)C)c(C)c1. The Morgan fingerprint density at radius 2 is 1.68 bits per heavy atom. The normalized spacial score (nSPS) is 13.8. The second-order valence-corrected chi connectivity index (χ2v) is 6.74. The Labute approximate surface area is 132 Å². The van der Waals surface area contributed by atoms with Crippen molar-refractivity contribution in [1.82, 2.24) is 5.32 Å². The lowest BCUT2D eigenvalue weighted by Gasteiger charge is -2.33. The lowest BCUT2D eigenvalue weighted by atomic mass is 9.84. The van der Waals surface area contributed by atoms with Crippen molar-refractivity contribution in [2.45, 2.75) is 59.9 Å². The summed E-state index contributed by atoms with van der Waals surface area (Å²) in [7, 11) is 0. The summed E-state index contributed by atoms with van der Waals surface area (Å²) < 4.78 is 0. The topological polar surface area (TPSA) is 66.4 Å². The first-order valence-corrected chi connectivity index (χ1v) is 7.64. The van der Waals surface area contributed by atoms with Crippen LogP contribution in [0.5, 0.6) is 0 Å². The molecule has 1 unspecified atom stereocenters. The van der Waals surface area contributed by atoms with Gasteiger partial charge in [-0.1, -0.05) is 31.5 Å². The smallest absolute Gasteiger partial charge is 0.305 e. The molecule has 1 atom stereocenters. The van der Waals surface area contributed by atoms with Gasteiger partial charge in [-0.05, 0) is 50.3 Å². The average Bonchev–Trinajstić information content (AvgIpc) is 2.32. The van der Waals surface area contributed by atoms with Crippen molar-refractivity contribution in [2.75, 3.05) is 0 Å². The maximum absolute atomic E-state index is 12.4. The minimum atomic E-state index is -0.904. The monoisotopic (exact) mass is 305 g/mol. The van der Waals surface area contributed by atoms with E-state index < -0.39 is 11.5 Å². The number of carbonyl (C=O) groups is 2. The second-order valence-electron chi connectivity index (χ2n) is 6.74. The zero-order chi connectivity index (χ0) is 17.1. The van der Waals surface area contributed by atoms with Crippen molar-refractivity contribution in [1.29, 1.82) is 0 Å². The predicted octanol–water partition coefficient (Wildman–Crippen LogP) is 3.16. The Morgan fingerprint density at radius 1 is 1.18 bits per heavy atom. The molecule has 1 aromatic rings. The Balaban J connectivity index is 2.91. The van der Waals surface area contributed by atoms with E-state index in [-0.39, 0.29) is 24.7 Å². The van der Waals surface area contributed by atoms with Gasteiger partial charge in [0.05, 0.1) is 12.8 Å². The van der Waals surface area contributed by atoms with Crippen molar-refractivity contribution < 1.29 is 14.7 Å². The van der Waals surface area contributed by atoms with Crippen molar-refractivity contribution in [3.63, 3.8) is 0 Å². The molecule has 0 radical (unpaired) electrons. The molecule has 1 amide bonds. The third kappa shape index (κ3) is 4.58. The highest BCUT2D eigenvalue weighted by atomic mass is 16.4. The number of hydrogen-bond donors (Lipinski definition) is 2. The maximum atomic E-state index is 12.4. The van der Waals surface area contributed by atoms with Crippen LogP contribution in [0.15, 0.2) is 12.1 Å². The third-order valence-corrected chi connectivity index (χ3v) is 4.40. The number of carboxylic acids is 1. The molecule has 0 saturated carbocycles. The Bertz CT molecular complexity index is 555. The molecule has 2 N–H and O–H groups in total. The molecule has 0 saturated heterocycles. The minimum absolute atomic E-state index is 0.0350. The molecule has 0 heterocycles. The van der Waals surface area contributed by atoms with Crippen molar-refractivity contribution in [3.8, 4) is 0 Å². The van der Waals surface area contributed by atoms with Crippen molar-refractivity contribution in [2.24, 2.45) is 5.92 Å². The Hall–Kier alpha value is -1.84. The lowest BCUT2D eigenvalue weighted by Crippen LogP contribution is -2.51. The number of hydrogen-bond acceptors (Lipinski definition) is 2. The number of aliphatic carboxylic acids is 1. The summed E-state index contributed by atoms with van der Waals surface area (Å²) in [6.45, 7) is 11.7. The van der Waals surface area contributed by atoms with Gasteiger partial charge in [-0.3, -0.25) is 9.59 Å². The molecule has 4 heteroatoms. The highest BCUT2D eigenvalue weighted by Gasteiger charge is 2.32. The predicted molar refractivity (Wildman–Crippen MR) is 88.0 cm³/mol. The van der Waals surface area contributed by atoms with Gasteiger partial charge in [0.1, 0.15) is 0 Å². The van der Waals surface area contributed by atoms with E-state index in [0.717, 1.165) is 16.7 Å². The fourth-order valence-electron chi connectivity index (χ4n) is 2.72. The number of benzene rings is 1.